The van der Waals surface area contributed by atoms with Crippen LogP contribution in [-0.2, 0) is 17.6 Å². The summed E-state index contributed by atoms with van der Waals surface area (Å²) in [5, 5.41) is 0. The highest BCUT2D eigenvalue weighted by atomic mass is 19.4. The molecule has 3 nitrogen and oxygen atoms in total. The van der Waals surface area contributed by atoms with E-state index in [4.69, 9.17) is 5.73 Å². The van der Waals surface area contributed by atoms with E-state index in [-0.39, 0.29) is 6.04 Å². The molecule has 0 aliphatic carbocycles. The molecule has 1 amide bonds. The van der Waals surface area contributed by atoms with Crippen molar-refractivity contribution in [3.05, 3.63) is 29.3 Å². The van der Waals surface area contributed by atoms with Crippen LogP contribution in [0, 0.1) is 0 Å². The highest BCUT2D eigenvalue weighted by molar-refractivity contribution is 5.99. The van der Waals surface area contributed by atoms with Crippen molar-refractivity contribution in [2.75, 3.05) is 4.90 Å². The van der Waals surface area contributed by atoms with Gasteiger partial charge in [-0.25, -0.2) is 0 Å². The van der Waals surface area contributed by atoms with Crippen LogP contribution in [0.5, 0.6) is 0 Å². The fraction of sp³-hybridized carbons (Fsp3) is 0.533. The summed E-state index contributed by atoms with van der Waals surface area (Å²) in [4.78, 5) is 12.4. The molecule has 0 spiro atoms. The van der Waals surface area contributed by atoms with Crippen molar-refractivity contribution in [1.82, 2.24) is 0 Å². The number of halogens is 3. The predicted octanol–water partition coefficient (Wildman–Crippen LogP) is 2.81. The molecule has 1 aliphatic heterocycles. The minimum atomic E-state index is -4.85. The van der Waals surface area contributed by atoms with E-state index in [2.05, 4.69) is 0 Å². The lowest BCUT2D eigenvalue weighted by Crippen LogP contribution is -2.44. The summed E-state index contributed by atoms with van der Waals surface area (Å²) < 4.78 is 38.0. The number of carbonyl (C=O) groups is 1. The van der Waals surface area contributed by atoms with Gasteiger partial charge in [-0.05, 0) is 43.4 Å². The summed E-state index contributed by atoms with van der Waals surface area (Å²) in [5.41, 5.74) is 8.03. The van der Waals surface area contributed by atoms with Gasteiger partial charge in [0.15, 0.2) is 0 Å². The zero-order chi connectivity index (χ0) is 15.8. The second-order valence-electron chi connectivity index (χ2n) is 5.56. The molecule has 1 heterocycles. The minimum Gasteiger partial charge on any atom is -0.327 e. The van der Waals surface area contributed by atoms with Crippen molar-refractivity contribution in [2.24, 2.45) is 5.73 Å². The first-order chi connectivity index (χ1) is 9.74. The van der Waals surface area contributed by atoms with Crippen LogP contribution in [0.4, 0.5) is 18.9 Å². The summed E-state index contributed by atoms with van der Waals surface area (Å²) in [7, 11) is 0. The van der Waals surface area contributed by atoms with Crippen molar-refractivity contribution >= 4 is 11.6 Å². The average molecular weight is 300 g/mol. The standard InChI is InChI=1S/C15H19F3N2O/c1-3-12(19)8-10-4-5-13-11(7-10)6-9(2)20(13)14(21)15(16,17)18/h4-5,7,9,12H,3,6,8,19H2,1-2H3. The summed E-state index contributed by atoms with van der Waals surface area (Å²) in [5.74, 6) is -1.80. The lowest BCUT2D eigenvalue weighted by atomic mass is 10.0. The number of anilines is 1. The van der Waals surface area contributed by atoms with Gasteiger partial charge in [-0.15, -0.1) is 0 Å². The van der Waals surface area contributed by atoms with Crippen molar-refractivity contribution in [3.8, 4) is 0 Å². The molecule has 1 aromatic rings. The summed E-state index contributed by atoms with van der Waals surface area (Å²) >= 11 is 0. The summed E-state index contributed by atoms with van der Waals surface area (Å²) in [6.45, 7) is 3.62. The average Bonchev–Trinajstić information content (AvgIpc) is 2.71. The number of benzene rings is 1. The third-order valence-corrected chi connectivity index (χ3v) is 3.84. The van der Waals surface area contributed by atoms with Crippen molar-refractivity contribution in [1.29, 1.82) is 0 Å². The maximum Gasteiger partial charge on any atom is 0.471 e. The quantitative estimate of drug-likeness (QED) is 0.933. The Morgan fingerprint density at radius 2 is 2.14 bits per heavy atom. The Labute approximate surface area is 121 Å². The van der Waals surface area contributed by atoms with E-state index in [0.717, 1.165) is 22.4 Å². The first kappa shape index (κ1) is 15.8. The third kappa shape index (κ3) is 3.20. The molecule has 6 heteroatoms. The number of fused-ring (bicyclic) bond motifs is 1. The number of carbonyl (C=O) groups excluding carboxylic acids is 1. The fourth-order valence-corrected chi connectivity index (χ4v) is 2.70. The predicted molar refractivity (Wildman–Crippen MR) is 75.1 cm³/mol. The van der Waals surface area contributed by atoms with E-state index >= 15 is 0 Å². The lowest BCUT2D eigenvalue weighted by molar-refractivity contribution is -0.170. The maximum absolute atomic E-state index is 12.7. The molecule has 1 aromatic carbocycles. The number of rotatable bonds is 3. The van der Waals surface area contributed by atoms with Gasteiger partial charge in [0.1, 0.15) is 0 Å². The zero-order valence-electron chi connectivity index (χ0n) is 12.1. The van der Waals surface area contributed by atoms with Gasteiger partial charge in [0, 0.05) is 17.8 Å². The van der Waals surface area contributed by atoms with Gasteiger partial charge >= 0.3 is 12.1 Å². The van der Waals surface area contributed by atoms with Gasteiger partial charge in [0.2, 0.25) is 0 Å². The molecule has 0 fully saturated rings. The molecule has 0 radical (unpaired) electrons. The zero-order valence-corrected chi connectivity index (χ0v) is 12.1. The fourth-order valence-electron chi connectivity index (χ4n) is 2.70. The molecule has 116 valence electrons. The Morgan fingerprint density at radius 1 is 1.48 bits per heavy atom. The van der Waals surface area contributed by atoms with Gasteiger partial charge in [-0.2, -0.15) is 13.2 Å². The van der Waals surface area contributed by atoms with E-state index in [1.165, 1.54) is 0 Å². The SMILES string of the molecule is CCC(N)Cc1ccc2c(c1)CC(C)N2C(=O)C(F)(F)F. The molecule has 1 aliphatic rings. The van der Waals surface area contributed by atoms with E-state index < -0.39 is 18.1 Å². The largest absolute Gasteiger partial charge is 0.471 e. The molecule has 2 rings (SSSR count). The number of nitrogens with two attached hydrogens (primary N) is 1. The smallest absolute Gasteiger partial charge is 0.327 e. The second kappa shape index (κ2) is 5.67. The van der Waals surface area contributed by atoms with Gasteiger partial charge < -0.3 is 10.6 Å². The number of hydrogen-bond donors (Lipinski definition) is 1. The van der Waals surface area contributed by atoms with Crippen LogP contribution in [-0.4, -0.2) is 24.2 Å². The van der Waals surface area contributed by atoms with Gasteiger partial charge in [0.25, 0.3) is 0 Å². The molecule has 2 N–H and O–H groups in total. The van der Waals surface area contributed by atoms with Crippen LogP contribution in [0.3, 0.4) is 0 Å². The Hall–Kier alpha value is -1.56. The Balaban J connectivity index is 2.28. The van der Waals surface area contributed by atoms with E-state index in [1.807, 2.05) is 13.0 Å². The van der Waals surface area contributed by atoms with Gasteiger partial charge in [-0.1, -0.05) is 19.1 Å². The minimum absolute atomic E-state index is 0.0368. The Morgan fingerprint density at radius 3 is 2.71 bits per heavy atom. The molecule has 21 heavy (non-hydrogen) atoms. The number of amides is 1. The Kier molecular flexibility index (Phi) is 4.27. The second-order valence-corrected chi connectivity index (χ2v) is 5.56. The Bertz CT molecular complexity index is 542. The van der Waals surface area contributed by atoms with Crippen LogP contribution < -0.4 is 10.6 Å². The monoisotopic (exact) mass is 300 g/mol. The molecule has 0 saturated heterocycles. The van der Waals surface area contributed by atoms with Crippen molar-refractivity contribution in [3.63, 3.8) is 0 Å². The van der Waals surface area contributed by atoms with Crippen LogP contribution in [0.1, 0.15) is 31.4 Å². The van der Waals surface area contributed by atoms with Crippen LogP contribution >= 0.6 is 0 Å². The molecule has 2 unspecified atom stereocenters. The van der Waals surface area contributed by atoms with Crippen molar-refractivity contribution < 1.29 is 18.0 Å². The van der Waals surface area contributed by atoms with Crippen LogP contribution in [0.15, 0.2) is 18.2 Å². The van der Waals surface area contributed by atoms with Gasteiger partial charge in [-0.3, -0.25) is 4.79 Å². The van der Waals surface area contributed by atoms with Gasteiger partial charge in [0.05, 0.1) is 0 Å². The number of nitrogens with zero attached hydrogens (tertiary/aromatic N) is 1. The highest BCUT2D eigenvalue weighted by Gasteiger charge is 2.46. The van der Waals surface area contributed by atoms with Crippen molar-refractivity contribution in [2.45, 2.75) is 51.4 Å². The summed E-state index contributed by atoms with van der Waals surface area (Å²) in [6.07, 6.45) is -2.89. The third-order valence-electron chi connectivity index (χ3n) is 3.84. The highest BCUT2D eigenvalue weighted by Crippen LogP contribution is 2.36. The molecule has 0 bridgehead atoms. The molecular weight excluding hydrogens is 281 g/mol. The van der Waals surface area contributed by atoms with Crippen LogP contribution in [0.25, 0.3) is 0 Å². The maximum atomic E-state index is 12.7. The first-order valence-corrected chi connectivity index (χ1v) is 7.01. The normalized spacial score (nSPS) is 19.5. The van der Waals surface area contributed by atoms with E-state index in [9.17, 15) is 18.0 Å². The molecule has 0 aromatic heterocycles. The molecular formula is C15H19F3N2O. The summed E-state index contributed by atoms with van der Waals surface area (Å²) in [6, 6.07) is 4.77. The van der Waals surface area contributed by atoms with Crippen LogP contribution in [0.2, 0.25) is 0 Å². The lowest BCUT2D eigenvalue weighted by Gasteiger charge is -2.23. The van der Waals surface area contributed by atoms with E-state index in [1.54, 1.807) is 19.1 Å². The number of alkyl halides is 3. The van der Waals surface area contributed by atoms with E-state index in [0.29, 0.717) is 18.5 Å². The first-order valence-electron chi connectivity index (χ1n) is 7.01. The topological polar surface area (TPSA) is 46.3 Å². The molecule has 0 saturated carbocycles. The molecule has 2 atom stereocenters. The number of hydrogen-bond acceptors (Lipinski definition) is 2.